The molecular weight excluding hydrogens is 264 g/mol. The molecule has 2 N–H and O–H groups in total. The summed E-state index contributed by atoms with van der Waals surface area (Å²) < 4.78 is 29.0. The number of hydrogen-bond donors (Lipinski definition) is 2. The summed E-state index contributed by atoms with van der Waals surface area (Å²) in [7, 11) is 0. The molecule has 0 amide bonds. The number of benzene rings is 2. The van der Waals surface area contributed by atoms with Crippen molar-refractivity contribution in [1.82, 2.24) is 0 Å². The van der Waals surface area contributed by atoms with Crippen LogP contribution in [0.25, 0.3) is 0 Å². The van der Waals surface area contributed by atoms with Crippen LogP contribution >= 0.6 is 0 Å². The van der Waals surface area contributed by atoms with Gasteiger partial charge in [0.2, 0.25) is 0 Å². The normalized spacial score (nSPS) is 10.6. The maximum absolute atomic E-state index is 12.3. The topological polar surface area (TPSA) is 41.5 Å². The Hall–Kier alpha value is -2.14. The molecule has 5 heteroatoms. The predicted molar refractivity (Wildman–Crippen MR) is 72.8 cm³/mol. The van der Waals surface area contributed by atoms with Gasteiger partial charge in [0, 0.05) is 6.54 Å². The molecule has 0 aliphatic carbocycles. The zero-order valence-corrected chi connectivity index (χ0v) is 10.7. The Morgan fingerprint density at radius 2 is 1.65 bits per heavy atom. The molecule has 0 fully saturated rings. The lowest BCUT2D eigenvalue weighted by Crippen LogP contribution is -2.06. The van der Waals surface area contributed by atoms with Gasteiger partial charge in [-0.15, -0.1) is 0 Å². The number of rotatable bonds is 6. The van der Waals surface area contributed by atoms with Crippen molar-refractivity contribution in [1.29, 1.82) is 0 Å². The minimum atomic E-state index is -2.85. The first-order valence-electron chi connectivity index (χ1n) is 6.15. The number of alkyl halides is 2. The SMILES string of the molecule is OCc1ccc(CNc2ccccc2OC(F)F)cc1. The van der Waals surface area contributed by atoms with E-state index in [4.69, 9.17) is 5.11 Å². The van der Waals surface area contributed by atoms with E-state index in [1.54, 1.807) is 18.2 Å². The highest BCUT2D eigenvalue weighted by Crippen LogP contribution is 2.25. The minimum absolute atomic E-state index is 0.00122. The molecule has 0 aliphatic heterocycles. The summed E-state index contributed by atoms with van der Waals surface area (Å²) in [6, 6.07) is 13.9. The highest BCUT2D eigenvalue weighted by atomic mass is 19.3. The van der Waals surface area contributed by atoms with Crippen LogP contribution in [0.15, 0.2) is 48.5 Å². The van der Waals surface area contributed by atoms with Crippen molar-refractivity contribution in [3.8, 4) is 5.75 Å². The second-order valence-electron chi connectivity index (χ2n) is 4.20. The van der Waals surface area contributed by atoms with Gasteiger partial charge in [-0.1, -0.05) is 36.4 Å². The summed E-state index contributed by atoms with van der Waals surface area (Å²) in [5.74, 6) is 0.120. The van der Waals surface area contributed by atoms with Crippen molar-refractivity contribution >= 4 is 5.69 Å². The molecule has 106 valence electrons. The van der Waals surface area contributed by atoms with Gasteiger partial charge in [-0.3, -0.25) is 0 Å². The third-order valence-corrected chi connectivity index (χ3v) is 2.79. The van der Waals surface area contributed by atoms with Gasteiger partial charge in [-0.25, -0.2) is 0 Å². The molecular formula is C15H15F2NO2. The Balaban J connectivity index is 2.02. The van der Waals surface area contributed by atoms with Gasteiger partial charge in [-0.2, -0.15) is 8.78 Å². The number of aliphatic hydroxyl groups is 1. The largest absolute Gasteiger partial charge is 0.433 e. The maximum atomic E-state index is 12.3. The molecule has 0 radical (unpaired) electrons. The Kier molecular flexibility index (Phi) is 4.90. The van der Waals surface area contributed by atoms with Crippen LogP contribution in [0.3, 0.4) is 0 Å². The van der Waals surface area contributed by atoms with E-state index in [-0.39, 0.29) is 12.4 Å². The van der Waals surface area contributed by atoms with Crippen molar-refractivity contribution in [3.63, 3.8) is 0 Å². The molecule has 0 unspecified atom stereocenters. The number of anilines is 1. The number of aliphatic hydroxyl groups excluding tert-OH is 1. The Bertz CT molecular complexity index is 544. The van der Waals surface area contributed by atoms with Gasteiger partial charge in [0.25, 0.3) is 0 Å². The van der Waals surface area contributed by atoms with Gasteiger partial charge in [0.15, 0.2) is 0 Å². The molecule has 20 heavy (non-hydrogen) atoms. The predicted octanol–water partition coefficient (Wildman–Crippen LogP) is 3.39. The molecule has 0 atom stereocenters. The molecule has 0 bridgehead atoms. The van der Waals surface area contributed by atoms with Gasteiger partial charge in [0.05, 0.1) is 12.3 Å². The quantitative estimate of drug-likeness (QED) is 0.851. The lowest BCUT2D eigenvalue weighted by molar-refractivity contribution is -0.0493. The van der Waals surface area contributed by atoms with Crippen LogP contribution in [0, 0.1) is 0 Å². The van der Waals surface area contributed by atoms with Gasteiger partial charge in [0.1, 0.15) is 5.75 Å². The maximum Gasteiger partial charge on any atom is 0.387 e. The molecule has 2 aromatic rings. The van der Waals surface area contributed by atoms with Crippen LogP contribution in [0.2, 0.25) is 0 Å². The van der Waals surface area contributed by atoms with E-state index in [1.165, 1.54) is 6.07 Å². The van der Waals surface area contributed by atoms with E-state index < -0.39 is 6.61 Å². The van der Waals surface area contributed by atoms with Crippen molar-refractivity contribution in [2.45, 2.75) is 19.8 Å². The van der Waals surface area contributed by atoms with Gasteiger partial charge >= 0.3 is 6.61 Å². The molecule has 2 rings (SSSR count). The highest BCUT2D eigenvalue weighted by molar-refractivity contribution is 5.56. The van der Waals surface area contributed by atoms with Gasteiger partial charge in [-0.05, 0) is 23.3 Å². The van der Waals surface area contributed by atoms with Crippen LogP contribution in [-0.4, -0.2) is 11.7 Å². The lowest BCUT2D eigenvalue weighted by atomic mass is 10.1. The fourth-order valence-corrected chi connectivity index (χ4v) is 1.77. The number of para-hydroxylation sites is 2. The Morgan fingerprint density at radius 1 is 1.00 bits per heavy atom. The first kappa shape index (κ1) is 14.3. The average Bonchev–Trinajstić information content (AvgIpc) is 2.46. The summed E-state index contributed by atoms with van der Waals surface area (Å²) in [6.45, 7) is -2.37. The molecule has 0 heterocycles. The molecule has 0 spiro atoms. The first-order valence-corrected chi connectivity index (χ1v) is 6.15. The average molecular weight is 279 g/mol. The minimum Gasteiger partial charge on any atom is -0.433 e. The van der Waals surface area contributed by atoms with Crippen molar-refractivity contribution in [2.75, 3.05) is 5.32 Å². The smallest absolute Gasteiger partial charge is 0.387 e. The molecule has 0 saturated carbocycles. The van der Waals surface area contributed by atoms with Crippen LogP contribution in [-0.2, 0) is 13.2 Å². The summed E-state index contributed by atoms with van der Waals surface area (Å²) in [5, 5.41) is 12.0. The number of nitrogens with one attached hydrogen (secondary N) is 1. The van der Waals surface area contributed by atoms with E-state index in [2.05, 4.69) is 10.1 Å². The zero-order chi connectivity index (χ0) is 14.4. The summed E-state index contributed by atoms with van der Waals surface area (Å²) in [5.41, 5.74) is 2.32. The first-order chi connectivity index (χ1) is 9.69. The van der Waals surface area contributed by atoms with E-state index in [0.29, 0.717) is 12.2 Å². The number of halogens is 2. The lowest BCUT2D eigenvalue weighted by Gasteiger charge is -2.12. The second kappa shape index (κ2) is 6.86. The third-order valence-electron chi connectivity index (χ3n) is 2.79. The standard InChI is InChI=1S/C15H15F2NO2/c16-15(17)20-14-4-2-1-3-13(14)18-9-11-5-7-12(10-19)8-6-11/h1-8,15,18-19H,9-10H2. The molecule has 0 aliphatic rings. The summed E-state index contributed by atoms with van der Waals surface area (Å²) in [4.78, 5) is 0. The van der Waals surface area contributed by atoms with Crippen LogP contribution < -0.4 is 10.1 Å². The molecule has 0 saturated heterocycles. The molecule has 2 aromatic carbocycles. The van der Waals surface area contributed by atoms with E-state index in [0.717, 1.165) is 11.1 Å². The van der Waals surface area contributed by atoms with Crippen LogP contribution in [0.4, 0.5) is 14.5 Å². The number of hydrogen-bond acceptors (Lipinski definition) is 3. The molecule has 3 nitrogen and oxygen atoms in total. The number of ether oxygens (including phenoxy) is 1. The van der Waals surface area contributed by atoms with Crippen molar-refractivity contribution < 1.29 is 18.6 Å². The van der Waals surface area contributed by atoms with Crippen molar-refractivity contribution in [3.05, 3.63) is 59.7 Å². The van der Waals surface area contributed by atoms with Gasteiger partial charge < -0.3 is 15.2 Å². The highest BCUT2D eigenvalue weighted by Gasteiger charge is 2.08. The zero-order valence-electron chi connectivity index (χ0n) is 10.7. The van der Waals surface area contributed by atoms with E-state index >= 15 is 0 Å². The summed E-state index contributed by atoms with van der Waals surface area (Å²) >= 11 is 0. The Labute approximate surface area is 115 Å². The fourth-order valence-electron chi connectivity index (χ4n) is 1.77. The second-order valence-corrected chi connectivity index (χ2v) is 4.20. The third kappa shape index (κ3) is 3.93. The van der Waals surface area contributed by atoms with E-state index in [9.17, 15) is 8.78 Å². The molecule has 0 aromatic heterocycles. The summed E-state index contributed by atoms with van der Waals surface area (Å²) in [6.07, 6.45) is 0. The van der Waals surface area contributed by atoms with E-state index in [1.807, 2.05) is 24.3 Å². The van der Waals surface area contributed by atoms with Crippen LogP contribution in [0.5, 0.6) is 5.75 Å². The Morgan fingerprint density at radius 3 is 2.30 bits per heavy atom. The van der Waals surface area contributed by atoms with Crippen LogP contribution in [0.1, 0.15) is 11.1 Å². The van der Waals surface area contributed by atoms with Crippen molar-refractivity contribution in [2.24, 2.45) is 0 Å². The fraction of sp³-hybridized carbons (Fsp3) is 0.200. The monoisotopic (exact) mass is 279 g/mol.